The number of aryl methyl sites for hydroxylation is 3. The van der Waals surface area contributed by atoms with E-state index in [9.17, 15) is 4.79 Å². The van der Waals surface area contributed by atoms with E-state index in [4.69, 9.17) is 4.74 Å². The molecule has 1 fully saturated rings. The van der Waals surface area contributed by atoms with Gasteiger partial charge in [-0.05, 0) is 37.5 Å². The maximum atomic E-state index is 11.7. The standard InChI is InChI=1S/C15H21NO2S/c1-9-5-10(2)14(11(3)6-9)12-7-19-8-13(16-12)15(17)18-4/h5-6,12-13,16H,7-8H2,1-4H3. The molecule has 0 radical (unpaired) electrons. The van der Waals surface area contributed by atoms with Gasteiger partial charge in [-0.1, -0.05) is 17.7 Å². The monoisotopic (exact) mass is 279 g/mol. The first-order valence-corrected chi connectivity index (χ1v) is 7.67. The van der Waals surface area contributed by atoms with E-state index in [1.54, 1.807) is 0 Å². The average molecular weight is 279 g/mol. The van der Waals surface area contributed by atoms with Crippen molar-refractivity contribution < 1.29 is 9.53 Å². The lowest BCUT2D eigenvalue weighted by Crippen LogP contribution is -2.46. The first-order chi connectivity index (χ1) is 9.02. The number of hydrogen-bond donors (Lipinski definition) is 1. The van der Waals surface area contributed by atoms with Crippen molar-refractivity contribution >= 4 is 17.7 Å². The van der Waals surface area contributed by atoms with E-state index < -0.39 is 0 Å². The van der Waals surface area contributed by atoms with Crippen molar-refractivity contribution in [1.29, 1.82) is 0 Å². The topological polar surface area (TPSA) is 38.3 Å². The third-order valence-electron chi connectivity index (χ3n) is 3.54. The number of carbonyl (C=O) groups is 1. The van der Waals surface area contributed by atoms with Crippen LogP contribution in [0.1, 0.15) is 28.3 Å². The molecule has 0 aliphatic carbocycles. The first kappa shape index (κ1) is 14.4. The highest BCUT2D eigenvalue weighted by molar-refractivity contribution is 7.99. The number of esters is 1. The van der Waals surface area contributed by atoms with Gasteiger partial charge in [0.15, 0.2) is 0 Å². The number of methoxy groups -OCH3 is 1. The molecule has 4 heteroatoms. The Morgan fingerprint density at radius 3 is 2.47 bits per heavy atom. The van der Waals surface area contributed by atoms with E-state index in [0.717, 1.165) is 11.5 Å². The van der Waals surface area contributed by atoms with E-state index in [0.29, 0.717) is 0 Å². The number of benzene rings is 1. The molecule has 0 bridgehead atoms. The van der Waals surface area contributed by atoms with E-state index >= 15 is 0 Å². The second-order valence-corrected chi connectivity index (χ2v) is 6.22. The van der Waals surface area contributed by atoms with E-state index in [1.807, 2.05) is 11.8 Å². The van der Waals surface area contributed by atoms with E-state index in [1.165, 1.54) is 29.4 Å². The molecule has 19 heavy (non-hydrogen) atoms. The number of hydrogen-bond acceptors (Lipinski definition) is 4. The summed E-state index contributed by atoms with van der Waals surface area (Å²) in [6, 6.07) is 4.43. The molecule has 1 saturated heterocycles. The van der Waals surface area contributed by atoms with Crippen LogP contribution in [0.3, 0.4) is 0 Å². The Morgan fingerprint density at radius 1 is 1.26 bits per heavy atom. The van der Waals surface area contributed by atoms with Crippen LogP contribution in [0.5, 0.6) is 0 Å². The molecule has 2 rings (SSSR count). The molecule has 1 aliphatic heterocycles. The van der Waals surface area contributed by atoms with Crippen LogP contribution in [0.4, 0.5) is 0 Å². The van der Waals surface area contributed by atoms with Gasteiger partial charge in [0.05, 0.1) is 7.11 Å². The van der Waals surface area contributed by atoms with Crippen LogP contribution < -0.4 is 5.32 Å². The fourth-order valence-electron chi connectivity index (χ4n) is 2.83. The zero-order valence-electron chi connectivity index (χ0n) is 11.9. The maximum Gasteiger partial charge on any atom is 0.323 e. The maximum absolute atomic E-state index is 11.7. The minimum absolute atomic E-state index is 0.167. The number of ether oxygens (including phenoxy) is 1. The first-order valence-electron chi connectivity index (χ1n) is 6.52. The van der Waals surface area contributed by atoms with E-state index in [-0.39, 0.29) is 18.1 Å². The molecule has 2 atom stereocenters. The van der Waals surface area contributed by atoms with Gasteiger partial charge in [-0.15, -0.1) is 0 Å². The molecule has 2 unspecified atom stereocenters. The van der Waals surface area contributed by atoms with Gasteiger partial charge < -0.3 is 4.74 Å². The van der Waals surface area contributed by atoms with Gasteiger partial charge in [0.25, 0.3) is 0 Å². The van der Waals surface area contributed by atoms with Crippen LogP contribution in [-0.2, 0) is 9.53 Å². The van der Waals surface area contributed by atoms with Crippen molar-refractivity contribution in [2.45, 2.75) is 32.9 Å². The largest absolute Gasteiger partial charge is 0.468 e. The Morgan fingerprint density at radius 2 is 1.89 bits per heavy atom. The van der Waals surface area contributed by atoms with Crippen LogP contribution in [0.15, 0.2) is 12.1 Å². The lowest BCUT2D eigenvalue weighted by atomic mass is 9.94. The minimum Gasteiger partial charge on any atom is -0.468 e. The molecule has 1 aromatic carbocycles. The summed E-state index contributed by atoms with van der Waals surface area (Å²) >= 11 is 1.81. The summed E-state index contributed by atoms with van der Waals surface area (Å²) in [6.07, 6.45) is 0. The summed E-state index contributed by atoms with van der Waals surface area (Å²) in [7, 11) is 1.45. The summed E-state index contributed by atoms with van der Waals surface area (Å²) < 4.78 is 4.84. The fourth-order valence-corrected chi connectivity index (χ4v) is 3.93. The highest BCUT2D eigenvalue weighted by Crippen LogP contribution is 2.30. The molecule has 0 spiro atoms. The zero-order chi connectivity index (χ0) is 14.0. The van der Waals surface area contributed by atoms with Crippen molar-refractivity contribution in [3.8, 4) is 0 Å². The minimum atomic E-state index is -0.200. The molecular formula is C15H21NO2S. The number of rotatable bonds is 2. The molecular weight excluding hydrogens is 258 g/mol. The molecule has 0 saturated carbocycles. The highest BCUT2D eigenvalue weighted by Gasteiger charge is 2.29. The summed E-state index contributed by atoms with van der Waals surface area (Å²) in [5.74, 6) is 1.62. The molecule has 0 amide bonds. The second kappa shape index (κ2) is 5.97. The third kappa shape index (κ3) is 3.12. The van der Waals surface area contributed by atoms with Crippen molar-refractivity contribution in [3.63, 3.8) is 0 Å². The Bertz CT molecular complexity index is 464. The highest BCUT2D eigenvalue weighted by atomic mass is 32.2. The molecule has 3 nitrogen and oxygen atoms in total. The zero-order valence-corrected chi connectivity index (χ0v) is 12.8. The number of carbonyl (C=O) groups excluding carboxylic acids is 1. The lowest BCUT2D eigenvalue weighted by molar-refractivity contribution is -0.142. The molecule has 1 N–H and O–H groups in total. The summed E-state index contributed by atoms with van der Waals surface area (Å²) in [5.41, 5.74) is 5.20. The molecule has 1 aromatic rings. The van der Waals surface area contributed by atoms with Crippen molar-refractivity contribution in [3.05, 3.63) is 34.4 Å². The Hall–Kier alpha value is -1.00. The fraction of sp³-hybridized carbons (Fsp3) is 0.533. The predicted molar refractivity (Wildman–Crippen MR) is 79.7 cm³/mol. The summed E-state index contributed by atoms with van der Waals surface area (Å²) in [5, 5.41) is 3.43. The second-order valence-electron chi connectivity index (χ2n) is 5.14. The van der Waals surface area contributed by atoms with Gasteiger partial charge in [0.2, 0.25) is 0 Å². The van der Waals surface area contributed by atoms with Gasteiger partial charge in [-0.25, -0.2) is 0 Å². The Balaban J connectivity index is 2.25. The predicted octanol–water partition coefficient (Wildman–Crippen LogP) is 2.53. The molecule has 0 aromatic heterocycles. The molecule has 104 valence electrons. The van der Waals surface area contributed by atoms with Crippen LogP contribution in [0.2, 0.25) is 0 Å². The SMILES string of the molecule is COC(=O)C1CSCC(c2c(C)cc(C)cc2C)N1. The summed E-state index contributed by atoms with van der Waals surface area (Å²) in [6.45, 7) is 6.40. The van der Waals surface area contributed by atoms with Crippen molar-refractivity contribution in [2.75, 3.05) is 18.6 Å². The van der Waals surface area contributed by atoms with Crippen LogP contribution in [0, 0.1) is 20.8 Å². The smallest absolute Gasteiger partial charge is 0.323 e. The average Bonchev–Trinajstić information content (AvgIpc) is 2.37. The summed E-state index contributed by atoms with van der Waals surface area (Å²) in [4.78, 5) is 11.7. The Labute approximate surface area is 119 Å². The van der Waals surface area contributed by atoms with Crippen LogP contribution in [0.25, 0.3) is 0 Å². The van der Waals surface area contributed by atoms with Crippen molar-refractivity contribution in [2.24, 2.45) is 0 Å². The third-order valence-corrected chi connectivity index (χ3v) is 4.68. The van der Waals surface area contributed by atoms with Gasteiger partial charge in [-0.2, -0.15) is 11.8 Å². The van der Waals surface area contributed by atoms with Gasteiger partial charge in [0, 0.05) is 17.5 Å². The Kier molecular flexibility index (Phi) is 4.53. The lowest BCUT2D eigenvalue weighted by Gasteiger charge is -2.31. The number of thioether (sulfide) groups is 1. The molecule has 1 heterocycles. The van der Waals surface area contributed by atoms with Crippen molar-refractivity contribution in [1.82, 2.24) is 5.32 Å². The van der Waals surface area contributed by atoms with Crippen LogP contribution in [-0.4, -0.2) is 30.6 Å². The van der Waals surface area contributed by atoms with E-state index in [2.05, 4.69) is 38.2 Å². The normalized spacial score (nSPS) is 23.2. The molecule has 1 aliphatic rings. The quantitative estimate of drug-likeness (QED) is 0.844. The van der Waals surface area contributed by atoms with Gasteiger partial charge in [0.1, 0.15) is 6.04 Å². The number of nitrogens with one attached hydrogen (secondary N) is 1. The van der Waals surface area contributed by atoms with Gasteiger partial charge >= 0.3 is 5.97 Å². The van der Waals surface area contributed by atoms with Crippen LogP contribution >= 0.6 is 11.8 Å². The van der Waals surface area contributed by atoms with Gasteiger partial charge in [-0.3, -0.25) is 10.1 Å².